The highest BCUT2D eigenvalue weighted by molar-refractivity contribution is 5.91. The minimum absolute atomic E-state index is 0.106. The predicted molar refractivity (Wildman–Crippen MR) is 74.2 cm³/mol. The molecule has 0 spiro atoms. The summed E-state index contributed by atoms with van der Waals surface area (Å²) in [5.41, 5.74) is 0.710. The van der Waals surface area contributed by atoms with Crippen molar-refractivity contribution in [2.45, 2.75) is 0 Å². The van der Waals surface area contributed by atoms with Crippen LogP contribution in [0.4, 0.5) is 10.1 Å². The van der Waals surface area contributed by atoms with Crippen molar-refractivity contribution in [2.24, 2.45) is 0 Å². The third-order valence-corrected chi connectivity index (χ3v) is 2.73. The van der Waals surface area contributed by atoms with Gasteiger partial charge in [-0.3, -0.25) is 0 Å². The van der Waals surface area contributed by atoms with Crippen molar-refractivity contribution < 1.29 is 19.0 Å². The van der Waals surface area contributed by atoms with Crippen molar-refractivity contribution in [1.29, 1.82) is 0 Å². The Bertz CT molecular complexity index is 641. The Balaban J connectivity index is 2.35. The molecule has 0 amide bonds. The zero-order valence-corrected chi connectivity index (χ0v) is 11.1. The SMILES string of the molecule is CN(C)c1cccc(Oc2ccc(F)cc2C(=O)O)c1. The van der Waals surface area contributed by atoms with Gasteiger partial charge in [-0.05, 0) is 30.3 Å². The number of carbonyl (C=O) groups is 1. The lowest BCUT2D eigenvalue weighted by Crippen LogP contribution is -2.08. The van der Waals surface area contributed by atoms with E-state index in [2.05, 4.69) is 0 Å². The Kier molecular flexibility index (Phi) is 3.89. The van der Waals surface area contributed by atoms with Crippen LogP contribution in [0.1, 0.15) is 10.4 Å². The molecule has 104 valence electrons. The first-order chi connectivity index (χ1) is 9.47. The number of hydrogen-bond donors (Lipinski definition) is 1. The molecule has 0 aliphatic rings. The molecule has 2 aromatic carbocycles. The van der Waals surface area contributed by atoms with E-state index >= 15 is 0 Å². The molecular weight excluding hydrogens is 261 g/mol. The summed E-state index contributed by atoms with van der Waals surface area (Å²) in [7, 11) is 3.78. The molecule has 1 N–H and O–H groups in total. The van der Waals surface area contributed by atoms with Crippen LogP contribution in [0, 0.1) is 5.82 Å². The number of ether oxygens (including phenoxy) is 1. The molecule has 2 aromatic rings. The Morgan fingerprint density at radius 1 is 1.20 bits per heavy atom. The van der Waals surface area contributed by atoms with Gasteiger partial charge in [-0.25, -0.2) is 9.18 Å². The number of carboxylic acid groups (broad SMARTS) is 1. The summed E-state index contributed by atoms with van der Waals surface area (Å²) in [4.78, 5) is 13.0. The fourth-order valence-corrected chi connectivity index (χ4v) is 1.71. The summed E-state index contributed by atoms with van der Waals surface area (Å²) in [6.45, 7) is 0. The van der Waals surface area contributed by atoms with Crippen LogP contribution in [0.15, 0.2) is 42.5 Å². The molecule has 0 fully saturated rings. The normalized spacial score (nSPS) is 10.2. The number of carboxylic acids is 1. The lowest BCUT2D eigenvalue weighted by atomic mass is 10.2. The van der Waals surface area contributed by atoms with E-state index in [9.17, 15) is 9.18 Å². The molecule has 5 heteroatoms. The summed E-state index contributed by atoms with van der Waals surface area (Å²) in [5.74, 6) is -1.25. The van der Waals surface area contributed by atoms with E-state index in [1.165, 1.54) is 6.07 Å². The second-order valence-corrected chi connectivity index (χ2v) is 4.44. The molecule has 0 radical (unpaired) electrons. The van der Waals surface area contributed by atoms with E-state index < -0.39 is 11.8 Å². The summed E-state index contributed by atoms with van der Waals surface area (Å²) in [6.07, 6.45) is 0. The van der Waals surface area contributed by atoms with Gasteiger partial charge in [0, 0.05) is 25.8 Å². The van der Waals surface area contributed by atoms with Gasteiger partial charge in [-0.2, -0.15) is 0 Å². The lowest BCUT2D eigenvalue weighted by molar-refractivity contribution is 0.0693. The molecule has 0 aromatic heterocycles. The fourth-order valence-electron chi connectivity index (χ4n) is 1.71. The van der Waals surface area contributed by atoms with Crippen molar-refractivity contribution in [3.63, 3.8) is 0 Å². The monoisotopic (exact) mass is 275 g/mol. The average molecular weight is 275 g/mol. The maximum absolute atomic E-state index is 13.1. The highest BCUT2D eigenvalue weighted by atomic mass is 19.1. The van der Waals surface area contributed by atoms with Crippen LogP contribution in [0.5, 0.6) is 11.5 Å². The second kappa shape index (κ2) is 5.61. The Hall–Kier alpha value is -2.56. The van der Waals surface area contributed by atoms with Crippen LogP contribution >= 0.6 is 0 Å². The minimum atomic E-state index is -1.23. The number of aromatic carboxylic acids is 1. The van der Waals surface area contributed by atoms with E-state index in [0.29, 0.717) is 5.75 Å². The third kappa shape index (κ3) is 3.06. The van der Waals surface area contributed by atoms with Crippen molar-refractivity contribution in [3.8, 4) is 11.5 Å². The van der Waals surface area contributed by atoms with Crippen LogP contribution in [-0.4, -0.2) is 25.2 Å². The van der Waals surface area contributed by atoms with Gasteiger partial charge < -0.3 is 14.7 Å². The van der Waals surface area contributed by atoms with E-state index in [1.54, 1.807) is 18.2 Å². The molecular formula is C15H14FNO3. The number of nitrogens with zero attached hydrogens (tertiary/aromatic N) is 1. The first kappa shape index (κ1) is 13.9. The van der Waals surface area contributed by atoms with Gasteiger partial charge in [-0.15, -0.1) is 0 Å². The number of hydrogen-bond acceptors (Lipinski definition) is 3. The first-order valence-corrected chi connectivity index (χ1v) is 5.95. The van der Waals surface area contributed by atoms with Gasteiger partial charge in [0.05, 0.1) is 0 Å². The largest absolute Gasteiger partial charge is 0.478 e. The van der Waals surface area contributed by atoms with Gasteiger partial charge >= 0.3 is 5.97 Å². The van der Waals surface area contributed by atoms with E-state index in [0.717, 1.165) is 17.8 Å². The van der Waals surface area contributed by atoms with Crippen LogP contribution in [-0.2, 0) is 0 Å². The van der Waals surface area contributed by atoms with Gasteiger partial charge in [0.15, 0.2) is 0 Å². The molecule has 0 saturated carbocycles. The topological polar surface area (TPSA) is 49.8 Å². The second-order valence-electron chi connectivity index (χ2n) is 4.44. The Labute approximate surface area is 116 Å². The van der Waals surface area contributed by atoms with E-state index in [1.807, 2.05) is 25.1 Å². The molecule has 0 atom stereocenters. The smallest absolute Gasteiger partial charge is 0.339 e. The van der Waals surface area contributed by atoms with Gasteiger partial charge in [0.1, 0.15) is 22.9 Å². The molecule has 0 aliphatic carbocycles. The number of benzene rings is 2. The summed E-state index contributed by atoms with van der Waals surface area (Å²) < 4.78 is 18.6. The van der Waals surface area contributed by atoms with Gasteiger partial charge in [0.25, 0.3) is 0 Å². The fraction of sp³-hybridized carbons (Fsp3) is 0.133. The maximum Gasteiger partial charge on any atom is 0.339 e. The molecule has 0 unspecified atom stereocenters. The molecule has 4 nitrogen and oxygen atoms in total. The van der Waals surface area contributed by atoms with Crippen molar-refractivity contribution in [2.75, 3.05) is 19.0 Å². The maximum atomic E-state index is 13.1. The number of anilines is 1. The van der Waals surface area contributed by atoms with E-state index in [-0.39, 0.29) is 11.3 Å². The average Bonchev–Trinajstić information content (AvgIpc) is 2.41. The Morgan fingerprint density at radius 2 is 1.95 bits per heavy atom. The van der Waals surface area contributed by atoms with E-state index in [4.69, 9.17) is 9.84 Å². The summed E-state index contributed by atoms with van der Waals surface area (Å²) in [6, 6.07) is 10.6. The van der Waals surface area contributed by atoms with Crippen LogP contribution < -0.4 is 9.64 Å². The molecule has 0 saturated heterocycles. The number of rotatable bonds is 4. The molecule has 20 heavy (non-hydrogen) atoms. The van der Waals surface area contributed by atoms with Crippen molar-refractivity contribution >= 4 is 11.7 Å². The zero-order valence-electron chi connectivity index (χ0n) is 11.1. The summed E-state index contributed by atoms with van der Waals surface area (Å²) >= 11 is 0. The highest BCUT2D eigenvalue weighted by Gasteiger charge is 2.13. The number of halogens is 1. The summed E-state index contributed by atoms with van der Waals surface area (Å²) in [5, 5.41) is 9.06. The highest BCUT2D eigenvalue weighted by Crippen LogP contribution is 2.28. The van der Waals surface area contributed by atoms with Crippen LogP contribution in [0.2, 0.25) is 0 Å². The quantitative estimate of drug-likeness (QED) is 0.929. The third-order valence-electron chi connectivity index (χ3n) is 2.73. The standard InChI is InChI=1S/C15H14FNO3/c1-17(2)11-4-3-5-12(9-11)20-14-7-6-10(16)8-13(14)15(18)19/h3-9H,1-2H3,(H,18,19). The molecule has 0 bridgehead atoms. The molecule has 2 rings (SSSR count). The van der Waals surface area contributed by atoms with Gasteiger partial charge in [0.2, 0.25) is 0 Å². The van der Waals surface area contributed by atoms with Crippen molar-refractivity contribution in [3.05, 3.63) is 53.8 Å². The molecule has 0 aliphatic heterocycles. The van der Waals surface area contributed by atoms with Crippen LogP contribution in [0.25, 0.3) is 0 Å². The zero-order chi connectivity index (χ0) is 14.7. The minimum Gasteiger partial charge on any atom is -0.478 e. The first-order valence-electron chi connectivity index (χ1n) is 5.95. The lowest BCUT2D eigenvalue weighted by Gasteiger charge is -2.14. The Morgan fingerprint density at radius 3 is 2.60 bits per heavy atom. The van der Waals surface area contributed by atoms with Gasteiger partial charge in [-0.1, -0.05) is 6.07 Å². The molecule has 0 heterocycles. The predicted octanol–water partition coefficient (Wildman–Crippen LogP) is 3.38. The van der Waals surface area contributed by atoms with Crippen molar-refractivity contribution in [1.82, 2.24) is 0 Å². The van der Waals surface area contributed by atoms with Crippen LogP contribution in [0.3, 0.4) is 0 Å².